The van der Waals surface area contributed by atoms with Crippen LogP contribution in [0.5, 0.6) is 0 Å². The van der Waals surface area contributed by atoms with Gasteiger partial charge in [-0.3, -0.25) is 4.74 Å². The van der Waals surface area contributed by atoms with Crippen LogP contribution in [0.2, 0.25) is 0 Å². The average molecular weight is 639 g/mol. The molecule has 0 bridgehead atoms. The standard InChI is InChI=1S/C10Cl2F16O5S2/c11-34(29,30)9(25,26)7(21,22)5(19,1(13)3(15)16)33-6(20,2(14)4(17)18)8(23,24)10(27,28)35(12,31)32. The summed E-state index contributed by atoms with van der Waals surface area (Å²) in [4.78, 5) is 0. The molecule has 0 aromatic heterocycles. The molecule has 2 atom stereocenters. The Morgan fingerprint density at radius 3 is 0.857 bits per heavy atom. The molecule has 0 N–H and O–H groups in total. The first-order valence-electron chi connectivity index (χ1n) is 6.82. The van der Waals surface area contributed by atoms with Crippen LogP contribution in [0.1, 0.15) is 0 Å². The van der Waals surface area contributed by atoms with Gasteiger partial charge in [0.1, 0.15) is 0 Å². The summed E-state index contributed by atoms with van der Waals surface area (Å²) >= 11 is 0. The van der Waals surface area contributed by atoms with Gasteiger partial charge in [-0.25, -0.2) is 16.8 Å². The Morgan fingerprint density at radius 1 is 0.514 bits per heavy atom. The molecule has 0 heterocycles. The molecule has 2 unspecified atom stereocenters. The third-order valence-corrected chi connectivity index (χ3v) is 6.23. The van der Waals surface area contributed by atoms with Crippen LogP contribution in [0, 0.1) is 0 Å². The molecule has 0 aliphatic carbocycles. The molecule has 0 fully saturated rings. The summed E-state index contributed by atoms with van der Waals surface area (Å²) in [6.07, 6.45) is -9.61. The van der Waals surface area contributed by atoms with Gasteiger partial charge >= 0.3 is 64.3 Å². The maximum atomic E-state index is 14.5. The van der Waals surface area contributed by atoms with Crippen molar-refractivity contribution in [2.75, 3.05) is 0 Å². The van der Waals surface area contributed by atoms with Gasteiger partial charge in [-0.15, -0.1) is 0 Å². The largest absolute Gasteiger partial charge is 0.427 e. The van der Waals surface area contributed by atoms with Crippen LogP contribution in [0.25, 0.3) is 0 Å². The first-order valence-corrected chi connectivity index (χ1v) is 11.4. The Hall–Kier alpha value is -1.20. The zero-order valence-electron chi connectivity index (χ0n) is 14.7. The first kappa shape index (κ1) is 33.8. The first-order chi connectivity index (χ1) is 14.9. The highest BCUT2D eigenvalue weighted by molar-refractivity contribution is 8.14. The highest BCUT2D eigenvalue weighted by atomic mass is 35.7. The lowest BCUT2D eigenvalue weighted by Crippen LogP contribution is -2.67. The predicted octanol–water partition coefficient (Wildman–Crippen LogP) is 6.08. The highest BCUT2D eigenvalue weighted by Gasteiger charge is 2.86. The minimum atomic E-state index is -8.15. The lowest BCUT2D eigenvalue weighted by molar-refractivity contribution is -0.408. The Balaban J connectivity index is 7.91. The third-order valence-electron chi connectivity index (χ3n) is 3.33. The number of rotatable bonds is 10. The van der Waals surface area contributed by atoms with Crippen molar-refractivity contribution in [1.82, 2.24) is 0 Å². The van der Waals surface area contributed by atoms with E-state index in [9.17, 15) is 87.1 Å². The van der Waals surface area contributed by atoms with Gasteiger partial charge in [0, 0.05) is 21.4 Å². The summed E-state index contributed by atoms with van der Waals surface area (Å²) in [6.45, 7) is 0. The van der Waals surface area contributed by atoms with E-state index in [1.807, 2.05) is 0 Å². The van der Waals surface area contributed by atoms with E-state index in [2.05, 4.69) is 21.4 Å². The van der Waals surface area contributed by atoms with Gasteiger partial charge < -0.3 is 0 Å². The molecule has 0 aromatic carbocycles. The molecule has 0 rings (SSSR count). The van der Waals surface area contributed by atoms with Crippen LogP contribution >= 0.6 is 21.4 Å². The molecule has 0 aliphatic heterocycles. The van der Waals surface area contributed by atoms with E-state index < -0.39 is 76.0 Å². The van der Waals surface area contributed by atoms with E-state index in [4.69, 9.17) is 0 Å². The van der Waals surface area contributed by atoms with Crippen LogP contribution in [-0.2, 0) is 22.8 Å². The number of hydrogen-bond acceptors (Lipinski definition) is 5. The second-order valence-electron chi connectivity index (χ2n) is 5.50. The summed E-state index contributed by atoms with van der Waals surface area (Å²) in [5.74, 6) is -42.4. The smallest absolute Gasteiger partial charge is 0.287 e. The molecule has 25 heteroatoms. The molecule has 0 aromatic rings. The van der Waals surface area contributed by atoms with E-state index in [0.717, 1.165) is 0 Å². The third kappa shape index (κ3) is 5.01. The average Bonchev–Trinajstić information content (AvgIpc) is 2.63. The molecule has 0 radical (unpaired) electrons. The number of halogens is 18. The fourth-order valence-corrected chi connectivity index (χ4v) is 3.07. The minimum absolute atomic E-state index is 1.70. The molecule has 5 nitrogen and oxygen atoms in total. The topological polar surface area (TPSA) is 77.5 Å². The van der Waals surface area contributed by atoms with Crippen LogP contribution in [0.15, 0.2) is 23.8 Å². The van der Waals surface area contributed by atoms with Gasteiger partial charge in [-0.1, -0.05) is 0 Å². The molecule has 0 aliphatic rings. The summed E-state index contributed by atoms with van der Waals surface area (Å²) in [5, 5.41) is -15.2. The Bertz CT molecular complexity index is 1040. The summed E-state index contributed by atoms with van der Waals surface area (Å²) < 4.78 is 258. The number of alkyl halides is 10. The van der Waals surface area contributed by atoms with Crippen LogP contribution < -0.4 is 0 Å². The van der Waals surface area contributed by atoms with E-state index >= 15 is 0 Å². The van der Waals surface area contributed by atoms with Crippen LogP contribution in [-0.4, -0.2) is 50.9 Å². The van der Waals surface area contributed by atoms with Crippen LogP contribution in [0.3, 0.4) is 0 Å². The zero-order valence-corrected chi connectivity index (χ0v) is 17.8. The van der Waals surface area contributed by atoms with Crippen molar-refractivity contribution in [2.24, 2.45) is 0 Å². The SMILES string of the molecule is O=S(=O)(Cl)C(F)(F)C(F)(F)C(F)(OC(F)(C(F)=C(F)F)C(F)(F)C(F)(F)S(=O)(=O)Cl)C(F)=C(F)F. The maximum absolute atomic E-state index is 14.5. The van der Waals surface area contributed by atoms with Gasteiger partial charge in [0.2, 0.25) is 11.7 Å². The molecular formula is C10Cl2F16O5S2. The molecule has 35 heavy (non-hydrogen) atoms. The van der Waals surface area contributed by atoms with Crippen molar-refractivity contribution < 1.29 is 91.8 Å². The minimum Gasteiger partial charge on any atom is -0.287 e. The normalized spacial score (nSPS) is 17.9. The summed E-state index contributed by atoms with van der Waals surface area (Å²) in [7, 11) is -7.48. The van der Waals surface area contributed by atoms with Crippen molar-refractivity contribution in [2.45, 2.75) is 34.1 Å². The molecule has 0 saturated carbocycles. The van der Waals surface area contributed by atoms with Crippen molar-refractivity contribution in [1.29, 1.82) is 0 Å². The van der Waals surface area contributed by atoms with E-state index in [1.165, 1.54) is 0 Å². The maximum Gasteiger partial charge on any atom is 0.427 e. The van der Waals surface area contributed by atoms with Gasteiger partial charge in [0.05, 0.1) is 0 Å². The van der Waals surface area contributed by atoms with E-state index in [1.54, 1.807) is 4.74 Å². The number of hydrogen-bond donors (Lipinski definition) is 0. The Labute approximate surface area is 189 Å². The van der Waals surface area contributed by atoms with Crippen molar-refractivity contribution in [3.05, 3.63) is 23.8 Å². The summed E-state index contributed by atoms with van der Waals surface area (Å²) in [5.41, 5.74) is 0. The summed E-state index contributed by atoms with van der Waals surface area (Å²) in [6, 6.07) is 0. The molecule has 0 saturated heterocycles. The van der Waals surface area contributed by atoms with Gasteiger partial charge in [0.15, 0.2) is 0 Å². The predicted molar refractivity (Wildman–Crippen MR) is 78.8 cm³/mol. The second kappa shape index (κ2) is 9.28. The molecular weight excluding hydrogens is 639 g/mol. The molecule has 208 valence electrons. The van der Waals surface area contributed by atoms with Gasteiger partial charge in [0.25, 0.3) is 0 Å². The van der Waals surface area contributed by atoms with Crippen molar-refractivity contribution >= 4 is 39.5 Å². The quantitative estimate of drug-likeness (QED) is 0.214. The van der Waals surface area contributed by atoms with Crippen molar-refractivity contribution in [3.8, 4) is 0 Å². The van der Waals surface area contributed by atoms with Crippen LogP contribution in [0.4, 0.5) is 70.2 Å². The van der Waals surface area contributed by atoms with E-state index in [0.29, 0.717) is 0 Å². The lowest BCUT2D eigenvalue weighted by Gasteiger charge is -2.41. The number of ether oxygens (including phenoxy) is 1. The zero-order chi connectivity index (χ0) is 29.0. The Kier molecular flexibility index (Phi) is 8.96. The molecule has 0 spiro atoms. The Morgan fingerprint density at radius 2 is 0.714 bits per heavy atom. The monoisotopic (exact) mass is 638 g/mol. The van der Waals surface area contributed by atoms with Crippen molar-refractivity contribution in [3.63, 3.8) is 0 Å². The fraction of sp³-hybridized carbons (Fsp3) is 0.600. The van der Waals surface area contributed by atoms with Gasteiger partial charge in [-0.2, -0.15) is 70.2 Å². The van der Waals surface area contributed by atoms with E-state index in [-0.39, 0.29) is 0 Å². The molecule has 0 amide bonds. The second-order valence-corrected chi connectivity index (χ2v) is 10.7. The van der Waals surface area contributed by atoms with Gasteiger partial charge in [-0.05, 0) is 0 Å². The lowest BCUT2D eigenvalue weighted by atomic mass is 10.1. The highest BCUT2D eigenvalue weighted by Crippen LogP contribution is 2.60. The fourth-order valence-electron chi connectivity index (χ4n) is 1.61.